The maximum atomic E-state index is 11.6. The van der Waals surface area contributed by atoms with Crippen molar-refractivity contribution in [2.24, 2.45) is 16.1 Å². The summed E-state index contributed by atoms with van der Waals surface area (Å²) in [6, 6.07) is 11.0. The number of azo groups is 1. The number of hydrazine groups is 1. The lowest BCUT2D eigenvalue weighted by atomic mass is 10.2. The first kappa shape index (κ1) is 17.9. The molecule has 1 heterocycles. The van der Waals surface area contributed by atoms with Crippen molar-refractivity contribution in [3.8, 4) is 11.6 Å². The van der Waals surface area contributed by atoms with Gasteiger partial charge in [0.25, 0.3) is 10.0 Å². The fraction of sp³-hybridized carbons (Fsp3) is 0.125. The van der Waals surface area contributed by atoms with Crippen LogP contribution in [0.1, 0.15) is 6.92 Å². The standard InChI is InChI=1S/C16H17N5O4S/c1-2-25-13-5-3-4-12-14(13)15(16(22)18-12)20-19-10-6-8-11(9-7-10)26(23,24)21-17/h3-9,18,21-22H,2,17H2,1H3. The van der Waals surface area contributed by atoms with Crippen LogP contribution >= 0.6 is 0 Å². The van der Waals surface area contributed by atoms with Crippen molar-refractivity contribution in [3.63, 3.8) is 0 Å². The van der Waals surface area contributed by atoms with E-state index in [4.69, 9.17) is 10.6 Å². The van der Waals surface area contributed by atoms with Gasteiger partial charge in [0.1, 0.15) is 5.75 Å². The Morgan fingerprint density at radius 2 is 1.92 bits per heavy atom. The number of nitrogens with zero attached hydrogens (tertiary/aromatic N) is 2. The number of aromatic hydroxyl groups is 1. The summed E-state index contributed by atoms with van der Waals surface area (Å²) in [5, 5.41) is 18.9. The van der Waals surface area contributed by atoms with Gasteiger partial charge < -0.3 is 14.8 Å². The average molecular weight is 375 g/mol. The van der Waals surface area contributed by atoms with E-state index in [2.05, 4.69) is 15.2 Å². The molecule has 5 N–H and O–H groups in total. The number of fused-ring (bicyclic) bond motifs is 1. The summed E-state index contributed by atoms with van der Waals surface area (Å²) in [5.41, 5.74) is 1.31. The summed E-state index contributed by atoms with van der Waals surface area (Å²) in [4.78, 5) is 4.57. The summed E-state index contributed by atoms with van der Waals surface area (Å²) >= 11 is 0. The molecule has 0 aliphatic rings. The zero-order chi connectivity index (χ0) is 18.7. The summed E-state index contributed by atoms with van der Waals surface area (Å²) in [5.74, 6) is 5.42. The van der Waals surface area contributed by atoms with Gasteiger partial charge in [0.15, 0.2) is 5.69 Å². The minimum Gasteiger partial charge on any atom is -0.493 e. The predicted molar refractivity (Wildman–Crippen MR) is 96.3 cm³/mol. The van der Waals surface area contributed by atoms with E-state index in [0.29, 0.717) is 28.9 Å². The van der Waals surface area contributed by atoms with Gasteiger partial charge in [-0.3, -0.25) is 5.84 Å². The molecule has 0 saturated heterocycles. The van der Waals surface area contributed by atoms with Gasteiger partial charge in [0.2, 0.25) is 5.88 Å². The quantitative estimate of drug-likeness (QED) is 0.298. The van der Waals surface area contributed by atoms with E-state index in [1.807, 2.05) is 6.92 Å². The van der Waals surface area contributed by atoms with Crippen LogP contribution in [-0.2, 0) is 10.0 Å². The molecule has 26 heavy (non-hydrogen) atoms. The fourth-order valence-corrected chi connectivity index (χ4v) is 3.06. The van der Waals surface area contributed by atoms with Crippen LogP contribution < -0.4 is 15.4 Å². The van der Waals surface area contributed by atoms with Crippen molar-refractivity contribution >= 4 is 32.3 Å². The molecule has 2 aromatic carbocycles. The molecule has 0 unspecified atom stereocenters. The van der Waals surface area contributed by atoms with Gasteiger partial charge in [0.05, 0.1) is 28.1 Å². The second kappa shape index (κ2) is 7.12. The van der Waals surface area contributed by atoms with Gasteiger partial charge in [-0.1, -0.05) is 6.07 Å². The molecule has 0 fully saturated rings. The Morgan fingerprint density at radius 1 is 1.19 bits per heavy atom. The fourth-order valence-electron chi connectivity index (χ4n) is 2.43. The Bertz CT molecular complexity index is 1060. The van der Waals surface area contributed by atoms with Gasteiger partial charge in [-0.25, -0.2) is 8.42 Å². The second-order valence-corrected chi connectivity index (χ2v) is 6.96. The molecule has 10 heteroatoms. The molecule has 3 aromatic rings. The summed E-state index contributed by atoms with van der Waals surface area (Å²) in [7, 11) is -3.73. The zero-order valence-corrected chi connectivity index (χ0v) is 14.6. The molecular formula is C16H17N5O4S. The normalized spacial score (nSPS) is 12.1. The SMILES string of the molecule is CCOc1cccc2[nH]c(O)c(N=Nc3ccc(S(=O)(=O)NN)cc3)c12. The zero-order valence-electron chi connectivity index (χ0n) is 13.8. The first-order valence-corrected chi connectivity index (χ1v) is 9.15. The number of hydrogen-bond acceptors (Lipinski definition) is 7. The molecule has 1 aromatic heterocycles. The van der Waals surface area contributed by atoms with E-state index in [9.17, 15) is 13.5 Å². The Balaban J connectivity index is 1.97. The van der Waals surface area contributed by atoms with Gasteiger partial charge in [-0.15, -0.1) is 5.11 Å². The number of aromatic amines is 1. The molecule has 0 saturated carbocycles. The minimum atomic E-state index is -3.73. The van der Waals surface area contributed by atoms with E-state index in [0.717, 1.165) is 0 Å². The van der Waals surface area contributed by atoms with E-state index in [1.165, 1.54) is 24.3 Å². The third-order valence-corrected chi connectivity index (χ3v) is 4.81. The van der Waals surface area contributed by atoms with E-state index < -0.39 is 10.0 Å². The van der Waals surface area contributed by atoms with Gasteiger partial charge >= 0.3 is 0 Å². The Kier molecular flexibility index (Phi) is 4.89. The highest BCUT2D eigenvalue weighted by molar-refractivity contribution is 7.89. The lowest BCUT2D eigenvalue weighted by Gasteiger charge is -2.04. The lowest BCUT2D eigenvalue weighted by molar-refractivity contribution is 0.344. The van der Waals surface area contributed by atoms with Crippen molar-refractivity contribution in [1.82, 2.24) is 9.82 Å². The van der Waals surface area contributed by atoms with E-state index in [-0.39, 0.29) is 16.5 Å². The first-order chi connectivity index (χ1) is 12.5. The van der Waals surface area contributed by atoms with Crippen LogP contribution in [0.2, 0.25) is 0 Å². The first-order valence-electron chi connectivity index (χ1n) is 7.67. The van der Waals surface area contributed by atoms with E-state index in [1.54, 1.807) is 23.0 Å². The molecule has 0 aliphatic heterocycles. The van der Waals surface area contributed by atoms with Crippen LogP contribution in [0.5, 0.6) is 11.6 Å². The number of benzene rings is 2. The number of hydrogen-bond donors (Lipinski definition) is 4. The highest BCUT2D eigenvalue weighted by Gasteiger charge is 2.15. The number of nitrogens with one attached hydrogen (secondary N) is 2. The second-order valence-electron chi connectivity index (χ2n) is 5.25. The summed E-state index contributed by atoms with van der Waals surface area (Å²) in [6.45, 7) is 2.32. The Labute approximate surface area is 149 Å². The van der Waals surface area contributed by atoms with Gasteiger partial charge in [-0.2, -0.15) is 9.95 Å². The lowest BCUT2D eigenvalue weighted by Crippen LogP contribution is -2.30. The maximum absolute atomic E-state index is 11.6. The Hall–Kier alpha value is -2.95. The van der Waals surface area contributed by atoms with Crippen molar-refractivity contribution in [3.05, 3.63) is 42.5 Å². The van der Waals surface area contributed by atoms with Crippen LogP contribution in [0, 0.1) is 0 Å². The molecule has 0 atom stereocenters. The topological polar surface area (TPSA) is 142 Å². The Morgan fingerprint density at radius 3 is 2.58 bits per heavy atom. The molecular weight excluding hydrogens is 358 g/mol. The monoisotopic (exact) mass is 375 g/mol. The predicted octanol–water partition coefficient (Wildman–Crippen LogP) is 2.84. The molecule has 0 spiro atoms. The number of aromatic nitrogens is 1. The van der Waals surface area contributed by atoms with Crippen LogP contribution in [0.25, 0.3) is 10.9 Å². The molecule has 0 amide bonds. The molecule has 0 radical (unpaired) electrons. The van der Waals surface area contributed by atoms with E-state index >= 15 is 0 Å². The van der Waals surface area contributed by atoms with Gasteiger partial charge in [-0.05, 0) is 43.3 Å². The van der Waals surface area contributed by atoms with Gasteiger partial charge in [0, 0.05) is 0 Å². The molecule has 0 bridgehead atoms. The van der Waals surface area contributed by atoms with Crippen molar-refractivity contribution in [2.45, 2.75) is 11.8 Å². The van der Waals surface area contributed by atoms with Crippen molar-refractivity contribution < 1.29 is 18.3 Å². The highest BCUT2D eigenvalue weighted by atomic mass is 32.2. The number of rotatable bonds is 6. The van der Waals surface area contributed by atoms with Crippen LogP contribution in [0.15, 0.2) is 57.6 Å². The van der Waals surface area contributed by atoms with Crippen LogP contribution in [-0.4, -0.2) is 25.1 Å². The molecule has 3 rings (SSSR count). The van der Waals surface area contributed by atoms with Crippen LogP contribution in [0.4, 0.5) is 11.4 Å². The average Bonchev–Trinajstić information content (AvgIpc) is 2.96. The molecule has 0 aliphatic carbocycles. The van der Waals surface area contributed by atoms with Crippen molar-refractivity contribution in [2.75, 3.05) is 6.61 Å². The number of nitrogens with two attached hydrogens (primary N) is 1. The highest BCUT2D eigenvalue weighted by Crippen LogP contribution is 2.41. The number of ether oxygens (including phenoxy) is 1. The van der Waals surface area contributed by atoms with Crippen molar-refractivity contribution in [1.29, 1.82) is 0 Å². The third-order valence-electron chi connectivity index (χ3n) is 3.61. The largest absolute Gasteiger partial charge is 0.493 e. The smallest absolute Gasteiger partial charge is 0.253 e. The maximum Gasteiger partial charge on any atom is 0.253 e. The number of H-pyrrole nitrogens is 1. The number of sulfonamides is 1. The molecule has 136 valence electrons. The third kappa shape index (κ3) is 3.38. The summed E-state index contributed by atoms with van der Waals surface area (Å²) in [6.07, 6.45) is 0. The van der Waals surface area contributed by atoms with Crippen LogP contribution in [0.3, 0.4) is 0 Å². The summed E-state index contributed by atoms with van der Waals surface area (Å²) < 4.78 is 28.8. The minimum absolute atomic E-state index is 0.00697. The molecule has 9 nitrogen and oxygen atoms in total.